The molecule has 2 aromatic heterocycles. The predicted molar refractivity (Wildman–Crippen MR) is 66.5 cm³/mol. The molecule has 84 valence electrons. The number of nitrogens with zero attached hydrogens (tertiary/aromatic N) is 1. The molecule has 0 saturated carbocycles. The van der Waals surface area contributed by atoms with Gasteiger partial charge < -0.3 is 10.8 Å². The van der Waals surface area contributed by atoms with Crippen LogP contribution in [-0.2, 0) is 0 Å². The second-order valence-corrected chi connectivity index (χ2v) is 5.24. The third-order valence-corrected chi connectivity index (χ3v) is 3.54. The molecule has 1 atom stereocenters. The van der Waals surface area contributed by atoms with Crippen LogP contribution in [0.3, 0.4) is 0 Å². The highest BCUT2D eigenvalue weighted by Crippen LogP contribution is 2.32. The number of aryl methyl sites for hydroxylation is 2. The van der Waals surface area contributed by atoms with Crippen molar-refractivity contribution in [3.8, 4) is 0 Å². The molecule has 0 amide bonds. The molecule has 0 spiro atoms. The highest BCUT2D eigenvalue weighted by molar-refractivity contribution is 7.12. The van der Waals surface area contributed by atoms with Gasteiger partial charge >= 0.3 is 0 Å². The zero-order valence-corrected chi connectivity index (χ0v) is 10.1. The quantitative estimate of drug-likeness (QED) is 0.839. The Morgan fingerprint density at radius 2 is 2.12 bits per heavy atom. The third-order valence-electron chi connectivity index (χ3n) is 2.56. The zero-order chi connectivity index (χ0) is 11.7. The lowest BCUT2D eigenvalue weighted by atomic mass is 10.0. The third kappa shape index (κ3) is 1.94. The maximum Gasteiger partial charge on any atom is 0.109 e. The number of nitrogen functional groups attached to an aromatic ring is 1. The van der Waals surface area contributed by atoms with Crippen LogP contribution in [0, 0.1) is 13.8 Å². The van der Waals surface area contributed by atoms with Gasteiger partial charge in [-0.25, -0.2) is 0 Å². The van der Waals surface area contributed by atoms with Crippen molar-refractivity contribution in [2.24, 2.45) is 0 Å². The second-order valence-electron chi connectivity index (χ2n) is 3.78. The summed E-state index contributed by atoms with van der Waals surface area (Å²) in [6, 6.07) is 3.70. The standard InChI is InChI=1S/C12H14N2OS/c1-7-5-9(8(2)16-7)12(15)10-6-14-4-3-11(10)13/h3-6,12,15H,1-2H3,(H2,13,14). The lowest BCUT2D eigenvalue weighted by Crippen LogP contribution is -2.04. The largest absolute Gasteiger partial charge is 0.398 e. The Morgan fingerprint density at radius 1 is 1.38 bits per heavy atom. The van der Waals surface area contributed by atoms with Crippen LogP contribution in [0.5, 0.6) is 0 Å². The average Bonchev–Trinajstić information content (AvgIpc) is 2.58. The Labute approximate surface area is 98.6 Å². The minimum absolute atomic E-state index is 0.575. The lowest BCUT2D eigenvalue weighted by Gasteiger charge is -2.12. The molecule has 3 N–H and O–H groups in total. The molecule has 0 aliphatic carbocycles. The van der Waals surface area contributed by atoms with Crippen LogP contribution in [0.25, 0.3) is 0 Å². The molecule has 4 heteroatoms. The fraction of sp³-hybridized carbons (Fsp3) is 0.250. The van der Waals surface area contributed by atoms with Gasteiger partial charge in [0.2, 0.25) is 0 Å². The monoisotopic (exact) mass is 234 g/mol. The Bertz CT molecular complexity index is 507. The molecule has 0 aliphatic heterocycles. The van der Waals surface area contributed by atoms with Gasteiger partial charge in [-0.2, -0.15) is 0 Å². The number of aliphatic hydroxyl groups is 1. The van der Waals surface area contributed by atoms with Crippen molar-refractivity contribution in [1.82, 2.24) is 4.98 Å². The van der Waals surface area contributed by atoms with E-state index >= 15 is 0 Å². The summed E-state index contributed by atoms with van der Waals surface area (Å²) in [5.74, 6) is 0. The lowest BCUT2D eigenvalue weighted by molar-refractivity contribution is 0.220. The normalized spacial score (nSPS) is 12.7. The number of aliphatic hydroxyl groups excluding tert-OH is 1. The van der Waals surface area contributed by atoms with Gasteiger partial charge in [0, 0.05) is 33.4 Å². The predicted octanol–water partition coefficient (Wildman–Crippen LogP) is 2.42. The Kier molecular flexibility index (Phi) is 2.94. The van der Waals surface area contributed by atoms with E-state index in [1.807, 2.05) is 19.9 Å². The van der Waals surface area contributed by atoms with E-state index in [4.69, 9.17) is 5.73 Å². The minimum atomic E-state index is -0.682. The summed E-state index contributed by atoms with van der Waals surface area (Å²) >= 11 is 1.68. The molecule has 0 radical (unpaired) electrons. The molecule has 0 aliphatic rings. The van der Waals surface area contributed by atoms with Crippen LogP contribution < -0.4 is 5.73 Å². The van der Waals surface area contributed by atoms with E-state index in [9.17, 15) is 5.11 Å². The maximum absolute atomic E-state index is 10.3. The molecule has 2 rings (SSSR count). The van der Waals surface area contributed by atoms with E-state index in [-0.39, 0.29) is 0 Å². The number of nitrogens with two attached hydrogens (primary N) is 1. The van der Waals surface area contributed by atoms with Crippen molar-refractivity contribution >= 4 is 17.0 Å². The van der Waals surface area contributed by atoms with Gasteiger partial charge in [0.15, 0.2) is 0 Å². The Hall–Kier alpha value is -1.39. The average molecular weight is 234 g/mol. The van der Waals surface area contributed by atoms with Crippen molar-refractivity contribution in [2.75, 3.05) is 5.73 Å². The van der Waals surface area contributed by atoms with Gasteiger partial charge in [0.05, 0.1) is 0 Å². The molecule has 0 aromatic carbocycles. The number of rotatable bonds is 2. The summed E-state index contributed by atoms with van der Waals surface area (Å²) in [5.41, 5.74) is 7.98. The molecule has 2 heterocycles. The second kappa shape index (κ2) is 4.23. The highest BCUT2D eigenvalue weighted by Gasteiger charge is 2.17. The van der Waals surface area contributed by atoms with E-state index in [0.717, 1.165) is 10.4 Å². The fourth-order valence-corrected chi connectivity index (χ4v) is 2.69. The van der Waals surface area contributed by atoms with Crippen LogP contribution >= 0.6 is 11.3 Å². The molecule has 0 fully saturated rings. The zero-order valence-electron chi connectivity index (χ0n) is 9.27. The molecule has 3 nitrogen and oxygen atoms in total. The first-order chi connectivity index (χ1) is 7.59. The summed E-state index contributed by atoms with van der Waals surface area (Å²) in [7, 11) is 0. The van der Waals surface area contributed by atoms with Crippen LogP contribution in [0.4, 0.5) is 5.69 Å². The Morgan fingerprint density at radius 3 is 2.69 bits per heavy atom. The number of thiophene rings is 1. The summed E-state index contributed by atoms with van der Waals surface area (Å²) in [4.78, 5) is 6.30. The minimum Gasteiger partial charge on any atom is -0.398 e. The van der Waals surface area contributed by atoms with Crippen molar-refractivity contribution in [1.29, 1.82) is 0 Å². The van der Waals surface area contributed by atoms with E-state index in [1.54, 1.807) is 29.8 Å². The molecule has 0 saturated heterocycles. The van der Waals surface area contributed by atoms with Gasteiger partial charge in [-0.15, -0.1) is 11.3 Å². The van der Waals surface area contributed by atoms with E-state index in [2.05, 4.69) is 4.98 Å². The number of hydrogen-bond donors (Lipinski definition) is 2. The van der Waals surface area contributed by atoms with E-state index in [1.165, 1.54) is 4.88 Å². The first-order valence-corrected chi connectivity index (χ1v) is 5.85. The SMILES string of the molecule is Cc1cc(C(O)c2cnccc2N)c(C)s1. The van der Waals surface area contributed by atoms with Crippen molar-refractivity contribution in [3.05, 3.63) is 45.4 Å². The number of anilines is 1. The van der Waals surface area contributed by atoms with Crippen molar-refractivity contribution < 1.29 is 5.11 Å². The number of pyridine rings is 1. The summed E-state index contributed by atoms with van der Waals surface area (Å²) < 4.78 is 0. The van der Waals surface area contributed by atoms with Crippen LogP contribution in [0.1, 0.15) is 27.0 Å². The molecule has 0 bridgehead atoms. The smallest absolute Gasteiger partial charge is 0.109 e. The van der Waals surface area contributed by atoms with Crippen LogP contribution in [0.2, 0.25) is 0 Å². The van der Waals surface area contributed by atoms with Gasteiger partial charge in [0.25, 0.3) is 0 Å². The number of aromatic nitrogens is 1. The fourth-order valence-electron chi connectivity index (χ4n) is 1.74. The maximum atomic E-state index is 10.3. The van der Waals surface area contributed by atoms with Crippen LogP contribution in [-0.4, -0.2) is 10.1 Å². The first kappa shape index (κ1) is 11.1. The summed E-state index contributed by atoms with van der Waals surface area (Å²) in [6.07, 6.45) is 2.56. The summed E-state index contributed by atoms with van der Waals surface area (Å²) in [6.45, 7) is 4.03. The molecule has 16 heavy (non-hydrogen) atoms. The van der Waals surface area contributed by atoms with Gasteiger partial charge in [-0.05, 0) is 31.5 Å². The van der Waals surface area contributed by atoms with Gasteiger partial charge in [-0.1, -0.05) is 0 Å². The number of hydrogen-bond acceptors (Lipinski definition) is 4. The molecular formula is C12H14N2OS. The molecule has 2 aromatic rings. The van der Waals surface area contributed by atoms with Gasteiger partial charge in [-0.3, -0.25) is 4.98 Å². The Balaban J connectivity index is 2.43. The van der Waals surface area contributed by atoms with E-state index in [0.29, 0.717) is 11.3 Å². The summed E-state index contributed by atoms with van der Waals surface area (Å²) in [5, 5.41) is 10.3. The molecule has 1 unspecified atom stereocenters. The van der Waals surface area contributed by atoms with Crippen molar-refractivity contribution in [3.63, 3.8) is 0 Å². The highest BCUT2D eigenvalue weighted by atomic mass is 32.1. The van der Waals surface area contributed by atoms with Crippen LogP contribution in [0.15, 0.2) is 24.5 Å². The topological polar surface area (TPSA) is 59.1 Å². The van der Waals surface area contributed by atoms with Crippen molar-refractivity contribution in [2.45, 2.75) is 20.0 Å². The first-order valence-electron chi connectivity index (χ1n) is 5.04. The van der Waals surface area contributed by atoms with Gasteiger partial charge in [0.1, 0.15) is 6.10 Å². The molecular weight excluding hydrogens is 220 g/mol. The van der Waals surface area contributed by atoms with E-state index < -0.39 is 6.10 Å².